The quantitative estimate of drug-likeness (QED) is 0.457. The van der Waals surface area contributed by atoms with Crippen LogP contribution in [0.5, 0.6) is 0 Å². The summed E-state index contributed by atoms with van der Waals surface area (Å²) < 4.78 is 0. The molecule has 0 aliphatic carbocycles. The Morgan fingerprint density at radius 3 is 2.38 bits per heavy atom. The summed E-state index contributed by atoms with van der Waals surface area (Å²) in [7, 11) is 0. The summed E-state index contributed by atoms with van der Waals surface area (Å²) in [6, 6.07) is 0. The average Bonchev–Trinajstić information content (AvgIpc) is 1.90. The van der Waals surface area contributed by atoms with Crippen molar-refractivity contribution in [3.63, 3.8) is 0 Å². The molecule has 0 unspecified atom stereocenters. The summed E-state index contributed by atoms with van der Waals surface area (Å²) in [5.74, 6) is 0. The minimum atomic E-state index is 0.770. The number of rotatable bonds is 1. The Bertz CT molecular complexity index is 125. The Balaban J connectivity index is 2.54. The molecule has 2 heteroatoms. The van der Waals surface area contributed by atoms with Gasteiger partial charge in [-0.15, -0.1) is 0 Å². The minimum Gasteiger partial charge on any atom is -0.298 e. The number of amides is 1. The van der Waals surface area contributed by atoms with Crippen LogP contribution in [-0.2, 0) is 4.79 Å². The van der Waals surface area contributed by atoms with Gasteiger partial charge < -0.3 is 0 Å². The molecule has 0 aromatic rings. The van der Waals surface area contributed by atoms with Crippen LogP contribution in [0.4, 0.5) is 0 Å². The van der Waals surface area contributed by atoms with Crippen LogP contribution >= 0.6 is 0 Å². The molecular weight excluding hydrogens is 102 g/mol. The molecule has 1 heterocycles. The van der Waals surface area contributed by atoms with Crippen molar-refractivity contribution in [2.45, 2.75) is 6.42 Å². The van der Waals surface area contributed by atoms with Gasteiger partial charge in [0.15, 0.2) is 0 Å². The van der Waals surface area contributed by atoms with E-state index in [2.05, 4.69) is 0 Å². The molecule has 0 fully saturated rings. The second-order valence-electron chi connectivity index (χ2n) is 1.56. The van der Waals surface area contributed by atoms with Gasteiger partial charge in [0.2, 0.25) is 6.41 Å². The zero-order chi connectivity index (χ0) is 5.82. The normalized spacial score (nSPS) is 16.8. The molecule has 0 radical (unpaired) electrons. The van der Waals surface area contributed by atoms with Gasteiger partial charge >= 0.3 is 0 Å². The topological polar surface area (TPSA) is 20.3 Å². The third-order valence-electron chi connectivity index (χ3n) is 0.949. The minimum absolute atomic E-state index is 0.770. The molecule has 1 amide bonds. The molecule has 0 aromatic heterocycles. The van der Waals surface area contributed by atoms with Gasteiger partial charge in [0.05, 0.1) is 0 Å². The third kappa shape index (κ3) is 0.964. The summed E-state index contributed by atoms with van der Waals surface area (Å²) in [5.41, 5.74) is 0. The lowest BCUT2D eigenvalue weighted by Gasteiger charge is -2.06. The molecule has 1 rings (SSSR count). The van der Waals surface area contributed by atoms with E-state index < -0.39 is 0 Å². The molecule has 2 nitrogen and oxygen atoms in total. The first kappa shape index (κ1) is 5.09. The van der Waals surface area contributed by atoms with Crippen molar-refractivity contribution in [3.05, 3.63) is 24.6 Å². The van der Waals surface area contributed by atoms with Gasteiger partial charge in [-0.25, -0.2) is 0 Å². The molecular formula is C6H7NO. The fraction of sp³-hybridized carbons (Fsp3) is 0.167. The highest BCUT2D eigenvalue weighted by atomic mass is 16.1. The molecule has 0 aromatic carbocycles. The van der Waals surface area contributed by atoms with Crippen LogP contribution in [0, 0.1) is 0 Å². The van der Waals surface area contributed by atoms with Gasteiger partial charge in [0.1, 0.15) is 0 Å². The molecule has 1 aliphatic heterocycles. The molecule has 0 saturated carbocycles. The molecule has 1 aliphatic rings. The van der Waals surface area contributed by atoms with E-state index in [4.69, 9.17) is 0 Å². The molecule has 0 N–H and O–H groups in total. The lowest BCUT2D eigenvalue weighted by Crippen LogP contribution is -2.06. The molecule has 0 spiro atoms. The van der Waals surface area contributed by atoms with Gasteiger partial charge in [-0.05, 0) is 6.42 Å². The summed E-state index contributed by atoms with van der Waals surface area (Å²) in [5, 5.41) is 0. The van der Waals surface area contributed by atoms with Crippen molar-refractivity contribution >= 4 is 6.41 Å². The first-order valence-corrected chi connectivity index (χ1v) is 2.49. The number of carbonyl (C=O) groups is 1. The van der Waals surface area contributed by atoms with Crippen LogP contribution in [0.1, 0.15) is 6.42 Å². The number of allylic oxidation sites excluding steroid dienone is 2. The highest BCUT2D eigenvalue weighted by molar-refractivity contribution is 5.51. The van der Waals surface area contributed by atoms with Gasteiger partial charge in [-0.1, -0.05) is 12.2 Å². The van der Waals surface area contributed by atoms with Crippen molar-refractivity contribution in [1.82, 2.24) is 4.90 Å². The summed E-state index contributed by atoms with van der Waals surface area (Å²) >= 11 is 0. The van der Waals surface area contributed by atoms with E-state index in [0.717, 1.165) is 12.8 Å². The smallest absolute Gasteiger partial charge is 0.217 e. The third-order valence-corrected chi connectivity index (χ3v) is 0.949. The monoisotopic (exact) mass is 109 g/mol. The zero-order valence-electron chi connectivity index (χ0n) is 4.45. The Morgan fingerprint density at radius 1 is 1.38 bits per heavy atom. The second kappa shape index (κ2) is 2.31. The van der Waals surface area contributed by atoms with Crippen molar-refractivity contribution in [3.8, 4) is 0 Å². The van der Waals surface area contributed by atoms with Crippen LogP contribution < -0.4 is 0 Å². The average molecular weight is 109 g/mol. The van der Waals surface area contributed by atoms with E-state index in [1.807, 2.05) is 12.2 Å². The van der Waals surface area contributed by atoms with Crippen LogP contribution in [0.25, 0.3) is 0 Å². The first-order valence-electron chi connectivity index (χ1n) is 2.49. The Hall–Kier alpha value is -1.05. The van der Waals surface area contributed by atoms with Crippen molar-refractivity contribution in [1.29, 1.82) is 0 Å². The maximum Gasteiger partial charge on any atom is 0.217 e. The lowest BCUT2D eigenvalue weighted by atomic mass is 10.3. The number of nitrogens with zero attached hydrogens (tertiary/aromatic N) is 1. The van der Waals surface area contributed by atoms with E-state index >= 15 is 0 Å². The lowest BCUT2D eigenvalue weighted by molar-refractivity contribution is -0.114. The second-order valence-corrected chi connectivity index (χ2v) is 1.56. The zero-order valence-corrected chi connectivity index (χ0v) is 4.45. The number of hydrogen-bond donors (Lipinski definition) is 0. The van der Waals surface area contributed by atoms with E-state index in [0.29, 0.717) is 0 Å². The van der Waals surface area contributed by atoms with E-state index in [1.165, 1.54) is 4.90 Å². The standard InChI is InChI=1S/C6H7NO/c8-6-7-4-2-1-3-5-7/h2-6H,1H2. The predicted molar refractivity (Wildman–Crippen MR) is 30.8 cm³/mol. The highest BCUT2D eigenvalue weighted by Gasteiger charge is 1.90. The maximum absolute atomic E-state index is 9.98. The largest absolute Gasteiger partial charge is 0.298 e. The molecule has 0 bridgehead atoms. The van der Waals surface area contributed by atoms with E-state index in [9.17, 15) is 4.79 Å². The predicted octanol–water partition coefficient (Wildman–Crippen LogP) is 0.876. The number of carbonyl (C=O) groups excluding carboxylic acids is 1. The Kier molecular flexibility index (Phi) is 1.47. The Morgan fingerprint density at radius 2 is 2.00 bits per heavy atom. The molecule has 42 valence electrons. The summed E-state index contributed by atoms with van der Waals surface area (Å²) in [6.07, 6.45) is 9.04. The van der Waals surface area contributed by atoms with Gasteiger partial charge in [0, 0.05) is 12.4 Å². The number of hydrogen-bond acceptors (Lipinski definition) is 1. The molecule has 8 heavy (non-hydrogen) atoms. The fourth-order valence-electron chi connectivity index (χ4n) is 0.564. The van der Waals surface area contributed by atoms with Crippen LogP contribution in [0.2, 0.25) is 0 Å². The van der Waals surface area contributed by atoms with Crippen molar-refractivity contribution in [2.75, 3.05) is 0 Å². The first-order chi connectivity index (χ1) is 3.93. The van der Waals surface area contributed by atoms with E-state index in [1.54, 1.807) is 12.4 Å². The summed E-state index contributed by atoms with van der Waals surface area (Å²) in [4.78, 5) is 11.5. The van der Waals surface area contributed by atoms with Gasteiger partial charge in [-0.3, -0.25) is 9.69 Å². The molecule has 0 saturated heterocycles. The van der Waals surface area contributed by atoms with Crippen molar-refractivity contribution in [2.24, 2.45) is 0 Å². The van der Waals surface area contributed by atoms with Crippen LogP contribution in [0.3, 0.4) is 0 Å². The van der Waals surface area contributed by atoms with Crippen LogP contribution in [-0.4, -0.2) is 11.3 Å². The maximum atomic E-state index is 9.98. The van der Waals surface area contributed by atoms with Crippen LogP contribution in [0.15, 0.2) is 24.6 Å². The molecule has 0 atom stereocenters. The fourth-order valence-corrected chi connectivity index (χ4v) is 0.564. The van der Waals surface area contributed by atoms with E-state index in [-0.39, 0.29) is 0 Å². The summed E-state index contributed by atoms with van der Waals surface area (Å²) in [6.45, 7) is 0. The highest BCUT2D eigenvalue weighted by Crippen LogP contribution is 1.97. The SMILES string of the molecule is O=CN1C=CCC=C1. The van der Waals surface area contributed by atoms with Gasteiger partial charge in [0.25, 0.3) is 0 Å². The van der Waals surface area contributed by atoms with Gasteiger partial charge in [-0.2, -0.15) is 0 Å². The van der Waals surface area contributed by atoms with Crippen molar-refractivity contribution < 1.29 is 4.79 Å². The Labute approximate surface area is 48.1 Å².